The highest BCUT2D eigenvalue weighted by Gasteiger charge is 2.73. The molecular formula is C17H14F7NO3. The molecule has 1 aliphatic heterocycles. The van der Waals surface area contributed by atoms with E-state index in [9.17, 15) is 35.5 Å². The van der Waals surface area contributed by atoms with E-state index < -0.39 is 53.3 Å². The van der Waals surface area contributed by atoms with Crippen molar-refractivity contribution in [3.8, 4) is 0 Å². The summed E-state index contributed by atoms with van der Waals surface area (Å²) < 4.78 is 101. The molecule has 11 heteroatoms. The lowest BCUT2D eigenvalue weighted by Gasteiger charge is -2.37. The van der Waals surface area contributed by atoms with Crippen molar-refractivity contribution in [1.29, 1.82) is 0 Å². The summed E-state index contributed by atoms with van der Waals surface area (Å²) in [5.74, 6) is -2.55. The van der Waals surface area contributed by atoms with E-state index in [0.717, 1.165) is 10.6 Å². The van der Waals surface area contributed by atoms with Gasteiger partial charge < -0.3 is 14.4 Å². The van der Waals surface area contributed by atoms with Gasteiger partial charge >= 0.3 is 18.3 Å². The van der Waals surface area contributed by atoms with Crippen LogP contribution in [0.15, 0.2) is 18.2 Å². The number of halogens is 7. The zero-order valence-electron chi connectivity index (χ0n) is 14.3. The average Bonchev–Trinajstić information content (AvgIpc) is 3.04. The van der Waals surface area contributed by atoms with Crippen LogP contribution in [0, 0.1) is 5.82 Å². The van der Waals surface area contributed by atoms with E-state index in [0.29, 0.717) is 5.69 Å². The van der Waals surface area contributed by atoms with Crippen LogP contribution >= 0.6 is 0 Å². The van der Waals surface area contributed by atoms with Crippen molar-refractivity contribution < 1.29 is 45.4 Å². The lowest BCUT2D eigenvalue weighted by atomic mass is 9.89. The summed E-state index contributed by atoms with van der Waals surface area (Å²) in [4.78, 5) is 11.1. The monoisotopic (exact) mass is 413 g/mol. The molecule has 1 aliphatic rings. The quantitative estimate of drug-likeness (QED) is 0.739. The summed E-state index contributed by atoms with van der Waals surface area (Å²) in [6, 6.07) is 1.38. The first-order chi connectivity index (χ1) is 12.8. The van der Waals surface area contributed by atoms with E-state index in [-0.39, 0.29) is 31.4 Å². The Bertz CT molecular complexity index is 915. The molecule has 0 bridgehead atoms. The number of alkyl halides is 6. The van der Waals surface area contributed by atoms with Crippen molar-refractivity contribution >= 4 is 16.9 Å². The molecule has 0 fully saturated rings. The third-order valence-electron chi connectivity index (χ3n) is 4.97. The number of hydrogen-bond donors (Lipinski definition) is 1. The molecule has 4 nitrogen and oxygen atoms in total. The number of aliphatic carboxylic acids is 1. The minimum atomic E-state index is -5.95. The van der Waals surface area contributed by atoms with Gasteiger partial charge in [0.2, 0.25) is 0 Å². The molecule has 0 spiro atoms. The molecule has 3 rings (SSSR count). The van der Waals surface area contributed by atoms with Crippen LogP contribution in [0.4, 0.5) is 30.7 Å². The zero-order valence-corrected chi connectivity index (χ0v) is 14.3. The second-order valence-electron chi connectivity index (χ2n) is 6.57. The molecule has 1 unspecified atom stereocenters. The van der Waals surface area contributed by atoms with Crippen molar-refractivity contribution in [2.45, 2.75) is 43.3 Å². The van der Waals surface area contributed by atoms with Crippen molar-refractivity contribution in [3.63, 3.8) is 0 Å². The Morgan fingerprint density at radius 1 is 1.18 bits per heavy atom. The fourth-order valence-corrected chi connectivity index (χ4v) is 3.92. The van der Waals surface area contributed by atoms with Crippen molar-refractivity contribution in [1.82, 2.24) is 4.57 Å². The largest absolute Gasteiger partial charge is 0.481 e. The second kappa shape index (κ2) is 6.36. The number of fused-ring (bicyclic) bond motifs is 3. The SMILES string of the molecule is COC(c1cc(F)cc2cc3n(c12)C(CC(=O)O)CC3)(C(F)(F)F)C(F)(F)F. The van der Waals surface area contributed by atoms with Crippen molar-refractivity contribution in [3.05, 3.63) is 35.3 Å². The molecule has 1 aromatic carbocycles. The Morgan fingerprint density at radius 3 is 2.29 bits per heavy atom. The highest BCUT2D eigenvalue weighted by atomic mass is 19.4. The standard InChI is InChI=1S/C17H14F7NO3/c1-28-15(16(19,20)21,17(22,23)24)12-6-9(18)4-8-5-10-2-3-11(7-13(26)27)25(10)14(8)12/h4-6,11H,2-3,7H2,1H3,(H,26,27). The van der Waals surface area contributed by atoms with Crippen LogP contribution in [0.2, 0.25) is 0 Å². The molecule has 0 saturated heterocycles. The number of aromatic nitrogens is 1. The third-order valence-corrected chi connectivity index (χ3v) is 4.97. The number of carbonyl (C=O) groups is 1. The van der Waals surface area contributed by atoms with Crippen LogP contribution in [-0.4, -0.2) is 35.1 Å². The van der Waals surface area contributed by atoms with Crippen molar-refractivity contribution in [2.24, 2.45) is 0 Å². The van der Waals surface area contributed by atoms with E-state index >= 15 is 0 Å². The summed E-state index contributed by atoms with van der Waals surface area (Å²) in [7, 11) is 0.250. The maximum Gasteiger partial charge on any atom is 0.430 e. The number of benzene rings is 1. The predicted molar refractivity (Wildman–Crippen MR) is 82.3 cm³/mol. The van der Waals surface area contributed by atoms with Crippen LogP contribution in [0.1, 0.15) is 30.1 Å². The minimum Gasteiger partial charge on any atom is -0.481 e. The lowest BCUT2D eigenvalue weighted by molar-refractivity contribution is -0.382. The second-order valence-corrected chi connectivity index (χ2v) is 6.57. The van der Waals surface area contributed by atoms with Gasteiger partial charge in [-0.05, 0) is 31.0 Å². The smallest absolute Gasteiger partial charge is 0.430 e. The van der Waals surface area contributed by atoms with Crippen LogP contribution in [0.5, 0.6) is 0 Å². The normalized spacial score (nSPS) is 17.9. The van der Waals surface area contributed by atoms with Gasteiger partial charge in [0.15, 0.2) is 0 Å². The van der Waals surface area contributed by atoms with Gasteiger partial charge in [0.25, 0.3) is 5.60 Å². The highest BCUT2D eigenvalue weighted by Crippen LogP contribution is 2.55. The molecule has 2 heterocycles. The fourth-order valence-electron chi connectivity index (χ4n) is 3.92. The van der Waals surface area contributed by atoms with E-state index in [1.807, 2.05) is 0 Å². The summed E-state index contributed by atoms with van der Waals surface area (Å²) in [5.41, 5.74) is -6.42. The maximum atomic E-state index is 14.0. The fraction of sp³-hybridized carbons (Fsp3) is 0.471. The Labute approximate surface area is 153 Å². The molecule has 0 aliphatic carbocycles. The van der Waals surface area contributed by atoms with Gasteiger partial charge in [0, 0.05) is 29.8 Å². The Balaban J connectivity index is 2.42. The Hall–Kier alpha value is -2.30. The van der Waals surface area contributed by atoms with Gasteiger partial charge in [-0.1, -0.05) is 0 Å². The van der Waals surface area contributed by atoms with Gasteiger partial charge in [-0.25, -0.2) is 4.39 Å². The topological polar surface area (TPSA) is 51.5 Å². The number of aryl methyl sites for hydroxylation is 1. The van der Waals surface area contributed by atoms with Gasteiger partial charge in [-0.3, -0.25) is 4.79 Å². The Morgan fingerprint density at radius 2 is 1.79 bits per heavy atom. The molecule has 28 heavy (non-hydrogen) atoms. The third kappa shape index (κ3) is 2.83. The van der Waals surface area contributed by atoms with Crippen LogP contribution in [0.25, 0.3) is 10.9 Å². The first-order valence-electron chi connectivity index (χ1n) is 8.07. The summed E-state index contributed by atoms with van der Waals surface area (Å²) in [6.45, 7) is 0. The number of rotatable bonds is 4. The number of carboxylic acid groups (broad SMARTS) is 1. The van der Waals surface area contributed by atoms with Gasteiger partial charge in [0.05, 0.1) is 11.9 Å². The van der Waals surface area contributed by atoms with E-state index in [1.165, 1.54) is 6.07 Å². The van der Waals surface area contributed by atoms with Gasteiger partial charge in [-0.2, -0.15) is 26.3 Å². The van der Waals surface area contributed by atoms with Crippen molar-refractivity contribution in [2.75, 3.05) is 7.11 Å². The number of hydrogen-bond acceptors (Lipinski definition) is 2. The van der Waals surface area contributed by atoms with Gasteiger partial charge in [0.1, 0.15) is 5.82 Å². The first kappa shape index (κ1) is 20.4. The van der Waals surface area contributed by atoms with Crippen LogP contribution in [0.3, 0.4) is 0 Å². The van der Waals surface area contributed by atoms with Crippen LogP contribution < -0.4 is 0 Å². The molecule has 0 amide bonds. The van der Waals surface area contributed by atoms with E-state index in [4.69, 9.17) is 5.11 Å². The molecule has 1 atom stereocenters. The average molecular weight is 413 g/mol. The molecule has 0 saturated carbocycles. The predicted octanol–water partition coefficient (Wildman–Crippen LogP) is 4.71. The van der Waals surface area contributed by atoms with Crippen LogP contribution in [-0.2, 0) is 21.6 Å². The molecular weight excluding hydrogens is 399 g/mol. The first-order valence-corrected chi connectivity index (χ1v) is 8.07. The number of nitrogens with zero attached hydrogens (tertiary/aromatic N) is 1. The molecule has 1 N–H and O–H groups in total. The number of ether oxygens (including phenoxy) is 1. The lowest BCUT2D eigenvalue weighted by Crippen LogP contribution is -2.55. The molecule has 2 aromatic rings. The summed E-state index contributed by atoms with van der Waals surface area (Å²) in [6.07, 6.45) is -11.9. The maximum absolute atomic E-state index is 14.0. The summed E-state index contributed by atoms with van der Waals surface area (Å²) in [5, 5.41) is 8.84. The molecule has 0 radical (unpaired) electrons. The van der Waals surface area contributed by atoms with E-state index in [1.54, 1.807) is 0 Å². The zero-order chi connectivity index (χ0) is 21.1. The Kier molecular flexibility index (Phi) is 4.64. The summed E-state index contributed by atoms with van der Waals surface area (Å²) >= 11 is 0. The minimum absolute atomic E-state index is 0.149. The number of methoxy groups -OCH3 is 1. The molecule has 1 aromatic heterocycles. The highest BCUT2D eigenvalue weighted by molar-refractivity contribution is 5.86. The number of carboxylic acids is 1. The van der Waals surface area contributed by atoms with Gasteiger partial charge in [-0.15, -0.1) is 0 Å². The van der Waals surface area contributed by atoms with E-state index in [2.05, 4.69) is 4.74 Å². The molecule has 154 valence electrons.